The number of hydrogen-bond acceptors (Lipinski definition) is 6. The molecule has 0 saturated carbocycles. The molecule has 0 unspecified atom stereocenters. The lowest BCUT2D eigenvalue weighted by atomic mass is 10.2. The first-order chi connectivity index (χ1) is 7.22. The summed E-state index contributed by atoms with van der Waals surface area (Å²) in [5.41, 5.74) is 0. The van der Waals surface area contributed by atoms with Crippen LogP contribution in [0.5, 0.6) is 0 Å². The molecule has 0 fully saturated rings. The number of nitrogens with one attached hydrogen (secondary N) is 1. The minimum atomic E-state index is 0.624. The molecule has 1 N–H and O–H groups in total. The summed E-state index contributed by atoms with van der Waals surface area (Å²) in [6, 6.07) is 0. The third-order valence-electron chi connectivity index (χ3n) is 1.58. The van der Waals surface area contributed by atoms with E-state index in [1.165, 1.54) is 0 Å². The van der Waals surface area contributed by atoms with E-state index in [1.54, 1.807) is 30.2 Å². The Hall–Kier alpha value is -0.330. The van der Waals surface area contributed by atoms with Crippen molar-refractivity contribution in [2.45, 2.75) is 18.2 Å². The van der Waals surface area contributed by atoms with Crippen molar-refractivity contribution in [2.75, 3.05) is 31.3 Å². The highest BCUT2D eigenvalue weighted by molar-refractivity contribution is 8.01. The van der Waals surface area contributed by atoms with Crippen LogP contribution < -0.4 is 5.32 Å². The molecule has 0 bridgehead atoms. The zero-order chi connectivity index (χ0) is 11.1. The van der Waals surface area contributed by atoms with Crippen molar-refractivity contribution in [1.29, 1.82) is 0 Å². The van der Waals surface area contributed by atoms with Gasteiger partial charge in [0.1, 0.15) is 0 Å². The molecule has 0 amide bonds. The fourth-order valence-corrected chi connectivity index (χ4v) is 2.57. The van der Waals surface area contributed by atoms with E-state index in [1.807, 2.05) is 0 Å². The SMILES string of the molecule is COCCSc1nnc(NCC(C)C)s1. The Labute approximate surface area is 98.8 Å². The predicted octanol–water partition coefficient (Wildman–Crippen LogP) is 2.34. The van der Waals surface area contributed by atoms with E-state index in [4.69, 9.17) is 4.74 Å². The number of methoxy groups -OCH3 is 1. The van der Waals surface area contributed by atoms with Gasteiger partial charge in [0.2, 0.25) is 5.13 Å². The lowest BCUT2D eigenvalue weighted by Crippen LogP contribution is -2.07. The second-order valence-electron chi connectivity index (χ2n) is 3.49. The molecule has 0 aliphatic heterocycles. The van der Waals surface area contributed by atoms with Gasteiger partial charge in [-0.1, -0.05) is 36.9 Å². The van der Waals surface area contributed by atoms with E-state index < -0.39 is 0 Å². The maximum absolute atomic E-state index is 4.97. The summed E-state index contributed by atoms with van der Waals surface area (Å²) in [4.78, 5) is 0. The average molecular weight is 247 g/mol. The summed E-state index contributed by atoms with van der Waals surface area (Å²) >= 11 is 3.28. The lowest BCUT2D eigenvalue weighted by molar-refractivity contribution is 0.218. The Morgan fingerprint density at radius 1 is 1.47 bits per heavy atom. The van der Waals surface area contributed by atoms with Crippen LogP contribution in [0.3, 0.4) is 0 Å². The number of anilines is 1. The van der Waals surface area contributed by atoms with Crippen molar-refractivity contribution in [3.05, 3.63) is 0 Å². The molecule has 6 heteroatoms. The molecule has 0 aromatic carbocycles. The number of ether oxygens (including phenoxy) is 1. The molecule has 0 radical (unpaired) electrons. The van der Waals surface area contributed by atoms with E-state index in [0.29, 0.717) is 5.92 Å². The van der Waals surface area contributed by atoms with Gasteiger partial charge in [-0.25, -0.2) is 0 Å². The molecule has 1 aromatic heterocycles. The number of rotatable bonds is 7. The summed E-state index contributed by atoms with van der Waals surface area (Å²) in [5.74, 6) is 1.55. The van der Waals surface area contributed by atoms with Gasteiger partial charge in [0.15, 0.2) is 4.34 Å². The van der Waals surface area contributed by atoms with Gasteiger partial charge in [-0.05, 0) is 5.92 Å². The van der Waals surface area contributed by atoms with Gasteiger partial charge >= 0.3 is 0 Å². The van der Waals surface area contributed by atoms with Crippen molar-refractivity contribution in [2.24, 2.45) is 5.92 Å². The topological polar surface area (TPSA) is 47.0 Å². The van der Waals surface area contributed by atoms with Gasteiger partial charge < -0.3 is 10.1 Å². The quantitative estimate of drug-likeness (QED) is 0.592. The van der Waals surface area contributed by atoms with Crippen molar-refractivity contribution in [3.8, 4) is 0 Å². The van der Waals surface area contributed by atoms with Crippen LogP contribution in [-0.4, -0.2) is 36.2 Å². The van der Waals surface area contributed by atoms with E-state index in [9.17, 15) is 0 Å². The maximum Gasteiger partial charge on any atom is 0.206 e. The van der Waals surface area contributed by atoms with Crippen LogP contribution in [-0.2, 0) is 4.74 Å². The van der Waals surface area contributed by atoms with E-state index >= 15 is 0 Å². The standard InChI is InChI=1S/C9H17N3OS2/c1-7(2)6-10-8-11-12-9(15-8)14-5-4-13-3/h7H,4-6H2,1-3H3,(H,10,11). The van der Waals surface area contributed by atoms with Gasteiger partial charge in [0, 0.05) is 19.4 Å². The van der Waals surface area contributed by atoms with Crippen LogP contribution in [0.25, 0.3) is 0 Å². The number of thioether (sulfide) groups is 1. The molecule has 1 rings (SSSR count). The summed E-state index contributed by atoms with van der Waals surface area (Å²) < 4.78 is 5.97. The molecule has 0 saturated heterocycles. The van der Waals surface area contributed by atoms with Crippen LogP contribution in [0.15, 0.2) is 4.34 Å². The highest BCUT2D eigenvalue weighted by Gasteiger charge is 2.04. The smallest absolute Gasteiger partial charge is 0.206 e. The van der Waals surface area contributed by atoms with E-state index in [0.717, 1.165) is 28.4 Å². The number of hydrogen-bond donors (Lipinski definition) is 1. The monoisotopic (exact) mass is 247 g/mol. The number of nitrogens with zero attached hydrogens (tertiary/aromatic N) is 2. The summed E-state index contributed by atoms with van der Waals surface area (Å²) in [5, 5.41) is 12.3. The van der Waals surface area contributed by atoms with Gasteiger partial charge in [-0.2, -0.15) is 0 Å². The molecule has 15 heavy (non-hydrogen) atoms. The number of aromatic nitrogens is 2. The normalized spacial score (nSPS) is 10.9. The third kappa shape index (κ3) is 5.34. The summed E-state index contributed by atoms with van der Waals surface area (Å²) in [7, 11) is 1.70. The van der Waals surface area contributed by atoms with Gasteiger partial charge in [-0.3, -0.25) is 0 Å². The zero-order valence-electron chi connectivity index (χ0n) is 9.32. The fourth-order valence-electron chi connectivity index (χ4n) is 0.843. The van der Waals surface area contributed by atoms with Gasteiger partial charge in [-0.15, -0.1) is 10.2 Å². The molecule has 0 spiro atoms. The Kier molecular flexibility index (Phi) is 5.97. The molecule has 1 aromatic rings. The van der Waals surface area contributed by atoms with Crippen molar-refractivity contribution >= 4 is 28.2 Å². The van der Waals surface area contributed by atoms with Crippen LogP contribution in [0, 0.1) is 5.92 Å². The Morgan fingerprint density at radius 2 is 2.27 bits per heavy atom. The molecule has 86 valence electrons. The minimum absolute atomic E-state index is 0.624. The van der Waals surface area contributed by atoms with Crippen molar-refractivity contribution < 1.29 is 4.74 Å². The zero-order valence-corrected chi connectivity index (χ0v) is 11.0. The lowest BCUT2D eigenvalue weighted by Gasteiger charge is -2.03. The average Bonchev–Trinajstić information content (AvgIpc) is 2.63. The summed E-state index contributed by atoms with van der Waals surface area (Å²) in [6.07, 6.45) is 0. The molecule has 1 heterocycles. The predicted molar refractivity (Wildman–Crippen MR) is 65.8 cm³/mol. The van der Waals surface area contributed by atoms with E-state index in [-0.39, 0.29) is 0 Å². The maximum atomic E-state index is 4.97. The minimum Gasteiger partial charge on any atom is -0.384 e. The molecular formula is C9H17N3OS2. The van der Waals surface area contributed by atoms with Crippen molar-refractivity contribution in [3.63, 3.8) is 0 Å². The third-order valence-corrected chi connectivity index (χ3v) is 3.56. The van der Waals surface area contributed by atoms with Gasteiger partial charge in [0.05, 0.1) is 6.61 Å². The summed E-state index contributed by atoms with van der Waals surface area (Å²) in [6.45, 7) is 6.03. The van der Waals surface area contributed by atoms with Gasteiger partial charge in [0.25, 0.3) is 0 Å². The first-order valence-electron chi connectivity index (χ1n) is 4.91. The second kappa shape index (κ2) is 7.03. The van der Waals surface area contributed by atoms with Crippen LogP contribution in [0.2, 0.25) is 0 Å². The van der Waals surface area contributed by atoms with Crippen molar-refractivity contribution in [1.82, 2.24) is 10.2 Å². The fraction of sp³-hybridized carbons (Fsp3) is 0.778. The molecule has 0 atom stereocenters. The Bertz CT molecular complexity index is 278. The Morgan fingerprint density at radius 3 is 2.93 bits per heavy atom. The van der Waals surface area contributed by atoms with Crippen LogP contribution >= 0.6 is 23.1 Å². The highest BCUT2D eigenvalue weighted by Crippen LogP contribution is 2.25. The highest BCUT2D eigenvalue weighted by atomic mass is 32.2. The largest absolute Gasteiger partial charge is 0.384 e. The molecule has 0 aliphatic carbocycles. The first-order valence-corrected chi connectivity index (χ1v) is 6.71. The van der Waals surface area contributed by atoms with Crippen LogP contribution in [0.1, 0.15) is 13.8 Å². The molecule has 4 nitrogen and oxygen atoms in total. The van der Waals surface area contributed by atoms with E-state index in [2.05, 4.69) is 29.4 Å². The molecule has 0 aliphatic rings. The molecular weight excluding hydrogens is 230 g/mol. The Balaban J connectivity index is 2.29. The van der Waals surface area contributed by atoms with Crippen LogP contribution in [0.4, 0.5) is 5.13 Å². The second-order valence-corrected chi connectivity index (χ2v) is 5.81. The first kappa shape index (κ1) is 12.7.